The van der Waals surface area contributed by atoms with Crippen molar-refractivity contribution in [3.63, 3.8) is 0 Å². The summed E-state index contributed by atoms with van der Waals surface area (Å²) in [5.74, 6) is 0.174. The molecule has 1 amide bonds. The van der Waals surface area contributed by atoms with Crippen molar-refractivity contribution < 1.29 is 4.79 Å². The first-order valence-corrected chi connectivity index (χ1v) is 7.04. The summed E-state index contributed by atoms with van der Waals surface area (Å²) in [4.78, 5) is 20.3. The molecule has 0 bridgehead atoms. The monoisotopic (exact) mass is 272 g/mol. The number of nitrogens with zero attached hydrogens (tertiary/aromatic N) is 4. The molecule has 5 nitrogen and oxygen atoms in total. The molecule has 0 aromatic carbocycles. The van der Waals surface area contributed by atoms with Crippen molar-refractivity contribution in [2.24, 2.45) is 0 Å². The molecule has 0 spiro atoms. The van der Waals surface area contributed by atoms with Gasteiger partial charge in [0, 0.05) is 52.0 Å². The van der Waals surface area contributed by atoms with Gasteiger partial charge < -0.3 is 9.30 Å². The van der Waals surface area contributed by atoms with Crippen LogP contribution in [0.4, 0.5) is 0 Å². The molecule has 0 unspecified atom stereocenters. The van der Waals surface area contributed by atoms with Crippen LogP contribution < -0.4 is 0 Å². The van der Waals surface area contributed by atoms with Gasteiger partial charge in [-0.1, -0.05) is 6.07 Å². The van der Waals surface area contributed by atoms with Gasteiger partial charge in [-0.3, -0.25) is 9.69 Å². The minimum absolute atomic E-state index is 0.174. The number of aromatic nitrogens is 2. The van der Waals surface area contributed by atoms with Gasteiger partial charge in [-0.15, -0.1) is 0 Å². The van der Waals surface area contributed by atoms with Crippen LogP contribution in [0.25, 0.3) is 5.65 Å². The van der Waals surface area contributed by atoms with Gasteiger partial charge in [0.2, 0.25) is 5.91 Å². The number of piperazine rings is 1. The maximum Gasteiger partial charge on any atom is 0.219 e. The summed E-state index contributed by atoms with van der Waals surface area (Å²) in [5.41, 5.74) is 3.32. The van der Waals surface area contributed by atoms with E-state index in [9.17, 15) is 4.79 Å². The topological polar surface area (TPSA) is 40.9 Å². The van der Waals surface area contributed by atoms with Gasteiger partial charge >= 0.3 is 0 Å². The molecule has 3 rings (SSSR count). The van der Waals surface area contributed by atoms with E-state index < -0.39 is 0 Å². The number of hydrogen-bond donors (Lipinski definition) is 0. The molecule has 2 aromatic rings. The number of carbonyl (C=O) groups excluding carboxylic acids is 1. The van der Waals surface area contributed by atoms with E-state index >= 15 is 0 Å². The lowest BCUT2D eigenvalue weighted by Gasteiger charge is -2.33. The average molecular weight is 272 g/mol. The van der Waals surface area contributed by atoms with Crippen LogP contribution in [0.2, 0.25) is 0 Å². The number of rotatable bonds is 2. The molecule has 1 fully saturated rings. The third-order valence-corrected chi connectivity index (χ3v) is 3.93. The number of pyridine rings is 1. The maximum atomic E-state index is 11.3. The summed E-state index contributed by atoms with van der Waals surface area (Å²) in [6.45, 7) is 8.06. The van der Waals surface area contributed by atoms with Gasteiger partial charge in [0.15, 0.2) is 0 Å². The highest BCUT2D eigenvalue weighted by Gasteiger charge is 2.19. The van der Waals surface area contributed by atoms with Crippen LogP contribution in [0.1, 0.15) is 18.2 Å². The summed E-state index contributed by atoms with van der Waals surface area (Å²) >= 11 is 0. The van der Waals surface area contributed by atoms with Crippen molar-refractivity contribution in [1.29, 1.82) is 0 Å². The van der Waals surface area contributed by atoms with Crippen LogP contribution in [0, 0.1) is 6.92 Å². The van der Waals surface area contributed by atoms with Crippen LogP contribution in [-0.2, 0) is 11.3 Å². The van der Waals surface area contributed by atoms with Gasteiger partial charge in [0.25, 0.3) is 0 Å². The fraction of sp³-hybridized carbons (Fsp3) is 0.467. The molecule has 3 heterocycles. The molecule has 5 heteroatoms. The molecular formula is C15H20N4O. The lowest BCUT2D eigenvalue weighted by Crippen LogP contribution is -2.47. The normalized spacial score (nSPS) is 16.8. The van der Waals surface area contributed by atoms with Crippen molar-refractivity contribution in [2.75, 3.05) is 26.2 Å². The zero-order chi connectivity index (χ0) is 14.1. The Morgan fingerprint density at radius 3 is 2.70 bits per heavy atom. The van der Waals surface area contributed by atoms with E-state index in [0.29, 0.717) is 0 Å². The Labute approximate surface area is 118 Å². The van der Waals surface area contributed by atoms with Gasteiger partial charge in [0.05, 0.1) is 5.69 Å². The van der Waals surface area contributed by atoms with Crippen molar-refractivity contribution in [3.8, 4) is 0 Å². The number of hydrogen-bond acceptors (Lipinski definition) is 3. The Bertz CT molecular complexity index is 626. The molecule has 1 aliphatic heterocycles. The molecular weight excluding hydrogens is 252 g/mol. The highest BCUT2D eigenvalue weighted by Crippen LogP contribution is 2.12. The third kappa shape index (κ3) is 2.54. The molecule has 0 N–H and O–H groups in total. The largest absolute Gasteiger partial charge is 0.340 e. The predicted octanol–water partition coefficient (Wildman–Crippen LogP) is 1.31. The molecule has 0 radical (unpaired) electrons. The number of imidazole rings is 1. The van der Waals surface area contributed by atoms with Crippen molar-refractivity contribution >= 4 is 11.6 Å². The molecule has 0 aliphatic carbocycles. The highest BCUT2D eigenvalue weighted by atomic mass is 16.2. The van der Waals surface area contributed by atoms with E-state index in [1.807, 2.05) is 17.2 Å². The van der Waals surface area contributed by atoms with Crippen molar-refractivity contribution in [3.05, 3.63) is 35.8 Å². The Kier molecular flexibility index (Phi) is 3.44. The van der Waals surface area contributed by atoms with Crippen LogP contribution in [0.5, 0.6) is 0 Å². The maximum absolute atomic E-state index is 11.3. The first kappa shape index (κ1) is 13.1. The predicted molar refractivity (Wildman–Crippen MR) is 77.5 cm³/mol. The molecule has 1 aliphatic rings. The number of aryl methyl sites for hydroxylation is 1. The van der Waals surface area contributed by atoms with Crippen LogP contribution >= 0.6 is 0 Å². The Hall–Kier alpha value is -1.88. The lowest BCUT2D eigenvalue weighted by atomic mass is 10.3. The SMILES string of the molecule is CC(=O)N1CCN(Cc2cn3cccc(C)c3n2)CC1. The Balaban J connectivity index is 1.68. The second-order valence-electron chi connectivity index (χ2n) is 5.44. The number of carbonyl (C=O) groups is 1. The summed E-state index contributed by atoms with van der Waals surface area (Å²) < 4.78 is 2.08. The minimum Gasteiger partial charge on any atom is -0.340 e. The molecule has 20 heavy (non-hydrogen) atoms. The minimum atomic E-state index is 0.174. The lowest BCUT2D eigenvalue weighted by molar-refractivity contribution is -0.130. The van der Waals surface area contributed by atoms with Gasteiger partial charge in [-0.05, 0) is 18.6 Å². The zero-order valence-corrected chi connectivity index (χ0v) is 12.0. The fourth-order valence-electron chi connectivity index (χ4n) is 2.73. The van der Waals surface area contributed by atoms with Gasteiger partial charge in [-0.2, -0.15) is 0 Å². The third-order valence-electron chi connectivity index (χ3n) is 3.93. The molecule has 2 aromatic heterocycles. The quantitative estimate of drug-likeness (QED) is 0.827. The van der Waals surface area contributed by atoms with Gasteiger partial charge in [-0.25, -0.2) is 4.98 Å². The zero-order valence-electron chi connectivity index (χ0n) is 12.0. The van der Waals surface area contributed by atoms with E-state index in [4.69, 9.17) is 4.98 Å². The van der Waals surface area contributed by atoms with E-state index in [-0.39, 0.29) is 5.91 Å². The molecule has 0 atom stereocenters. The molecule has 0 saturated carbocycles. The Morgan fingerprint density at radius 2 is 2.05 bits per heavy atom. The smallest absolute Gasteiger partial charge is 0.219 e. The summed E-state index contributed by atoms with van der Waals surface area (Å²) in [6.07, 6.45) is 4.13. The van der Waals surface area contributed by atoms with Crippen LogP contribution in [0.3, 0.4) is 0 Å². The summed E-state index contributed by atoms with van der Waals surface area (Å²) in [5, 5.41) is 0. The molecule has 1 saturated heterocycles. The standard InChI is InChI=1S/C15H20N4O/c1-12-4-3-5-19-11-14(16-15(12)19)10-17-6-8-18(9-7-17)13(2)20/h3-5,11H,6-10H2,1-2H3. The first-order chi connectivity index (χ1) is 9.63. The van der Waals surface area contributed by atoms with E-state index in [2.05, 4.69) is 28.5 Å². The van der Waals surface area contributed by atoms with E-state index in [1.54, 1.807) is 6.92 Å². The average Bonchev–Trinajstić information content (AvgIpc) is 2.83. The summed E-state index contributed by atoms with van der Waals surface area (Å²) in [7, 11) is 0. The molecule has 106 valence electrons. The first-order valence-electron chi connectivity index (χ1n) is 7.04. The summed E-state index contributed by atoms with van der Waals surface area (Å²) in [6, 6.07) is 4.12. The van der Waals surface area contributed by atoms with E-state index in [1.165, 1.54) is 5.56 Å². The van der Waals surface area contributed by atoms with E-state index in [0.717, 1.165) is 44.1 Å². The second kappa shape index (κ2) is 5.25. The number of fused-ring (bicyclic) bond motifs is 1. The fourth-order valence-corrected chi connectivity index (χ4v) is 2.73. The highest BCUT2D eigenvalue weighted by molar-refractivity contribution is 5.73. The number of amides is 1. The van der Waals surface area contributed by atoms with Gasteiger partial charge in [0.1, 0.15) is 5.65 Å². The van der Waals surface area contributed by atoms with Crippen LogP contribution in [-0.4, -0.2) is 51.3 Å². The van der Waals surface area contributed by atoms with Crippen molar-refractivity contribution in [1.82, 2.24) is 19.2 Å². The van der Waals surface area contributed by atoms with Crippen molar-refractivity contribution in [2.45, 2.75) is 20.4 Å². The second-order valence-corrected chi connectivity index (χ2v) is 5.44. The van der Waals surface area contributed by atoms with Crippen LogP contribution in [0.15, 0.2) is 24.5 Å². The Morgan fingerprint density at radius 1 is 1.30 bits per heavy atom.